The number of nitrogens with zero attached hydrogens (tertiary/aromatic N) is 3. The van der Waals surface area contributed by atoms with Gasteiger partial charge in [-0.2, -0.15) is 10.1 Å². The largest absolute Gasteiger partial charge is 0.462 e. The number of nitrogens with one attached hydrogen (secondary N) is 1. The third-order valence-corrected chi connectivity index (χ3v) is 8.28. The highest BCUT2D eigenvalue weighted by Gasteiger charge is 2.40. The molecule has 1 aromatic heterocycles. The number of carbonyl (C=O) groups excluding carboxylic acids is 1. The van der Waals surface area contributed by atoms with Gasteiger partial charge in [0.05, 0.1) is 29.4 Å². The van der Waals surface area contributed by atoms with Gasteiger partial charge in [0.2, 0.25) is 5.95 Å². The molecule has 2 aromatic rings. The first-order chi connectivity index (χ1) is 17.0. The van der Waals surface area contributed by atoms with E-state index in [2.05, 4.69) is 15.1 Å². The molecule has 3 rings (SSSR count). The number of para-hydroxylation sites is 1. The minimum absolute atomic E-state index is 0.138. The fourth-order valence-electron chi connectivity index (χ4n) is 3.42. The molecule has 2 heterocycles. The fraction of sp³-hybridized carbons (Fsp3) is 0.545. The van der Waals surface area contributed by atoms with Gasteiger partial charge in [0.25, 0.3) is 0 Å². The highest BCUT2D eigenvalue weighted by Crippen LogP contribution is 2.48. The molecule has 1 aromatic carbocycles. The first kappa shape index (κ1) is 28.1. The quantitative estimate of drug-likeness (QED) is 0.281. The maximum absolute atomic E-state index is 13.9. The molecule has 14 heteroatoms. The number of nitrogen functional groups attached to an aromatic ring is 1. The van der Waals surface area contributed by atoms with E-state index in [1.165, 1.54) is 22.7 Å². The van der Waals surface area contributed by atoms with Gasteiger partial charge in [-0.25, -0.2) is 14.3 Å². The number of aliphatic hydroxyl groups is 1. The summed E-state index contributed by atoms with van der Waals surface area (Å²) in [7, 11) is -4.12. The summed E-state index contributed by atoms with van der Waals surface area (Å²) in [6.07, 6.45) is 0.259. The average Bonchev–Trinajstić information content (AvgIpc) is 3.16. The molecule has 1 fully saturated rings. The number of nitrogens with two attached hydrogens (primary N) is 1. The molecule has 5 atom stereocenters. The summed E-state index contributed by atoms with van der Waals surface area (Å²) in [5.41, 5.74) is 4.87. The van der Waals surface area contributed by atoms with Crippen LogP contribution in [-0.2, 0) is 18.6 Å². The first-order valence-corrected chi connectivity index (χ1v) is 14.0. The van der Waals surface area contributed by atoms with Crippen LogP contribution in [0.1, 0.15) is 39.5 Å². The predicted octanol–water partition coefficient (Wildman–Crippen LogP) is 2.35. The lowest BCUT2D eigenvalue weighted by Crippen LogP contribution is -2.42. The summed E-state index contributed by atoms with van der Waals surface area (Å²) in [6.45, 7) is 6.81. The topological polar surface area (TPSA) is 168 Å². The van der Waals surface area contributed by atoms with Gasteiger partial charge < -0.3 is 20.1 Å². The standard InChI is InChI=1S/C22H32N5O7PS/c1-13(2)19(20(29)33-14(3)4)26-35(31,34-15-8-6-5-7-9-15)32-11-17-16(28)10-18(36-17)27-12-24-21(23)25-22(27)30/h5-9,12-14,16-19,28H,10-11H2,1-4H3,(H,26,31)(H2,23,25,30)/t16-,17-,18-,19+,35?/m1/s1. The first-order valence-electron chi connectivity index (χ1n) is 11.5. The molecule has 1 saturated heterocycles. The maximum Gasteiger partial charge on any atom is 0.459 e. The lowest BCUT2D eigenvalue weighted by atomic mass is 10.1. The van der Waals surface area contributed by atoms with Gasteiger partial charge in [-0.15, -0.1) is 11.8 Å². The molecule has 0 saturated carbocycles. The summed E-state index contributed by atoms with van der Waals surface area (Å²) in [6, 6.07) is 7.44. The van der Waals surface area contributed by atoms with Crippen molar-refractivity contribution in [3.05, 3.63) is 47.1 Å². The predicted molar refractivity (Wildman–Crippen MR) is 135 cm³/mol. The van der Waals surface area contributed by atoms with E-state index in [9.17, 15) is 19.3 Å². The molecule has 12 nitrogen and oxygen atoms in total. The van der Waals surface area contributed by atoms with Gasteiger partial charge in [0, 0.05) is 6.42 Å². The van der Waals surface area contributed by atoms with Crippen LogP contribution in [-0.4, -0.2) is 55.7 Å². The zero-order valence-corrected chi connectivity index (χ0v) is 22.2. The highest BCUT2D eigenvalue weighted by atomic mass is 32.2. The Morgan fingerprint density at radius 1 is 1.31 bits per heavy atom. The van der Waals surface area contributed by atoms with Gasteiger partial charge in [-0.05, 0) is 31.9 Å². The number of aliphatic hydroxyl groups excluding tert-OH is 1. The molecule has 0 amide bonds. The van der Waals surface area contributed by atoms with Crippen molar-refractivity contribution >= 4 is 31.4 Å². The van der Waals surface area contributed by atoms with Crippen LogP contribution in [0.4, 0.5) is 5.95 Å². The summed E-state index contributed by atoms with van der Waals surface area (Å²) in [5.74, 6) is -0.740. The zero-order chi connectivity index (χ0) is 26.5. The second-order valence-corrected chi connectivity index (χ2v) is 12.0. The van der Waals surface area contributed by atoms with Gasteiger partial charge in [-0.3, -0.25) is 13.9 Å². The van der Waals surface area contributed by atoms with Gasteiger partial charge in [-0.1, -0.05) is 32.0 Å². The van der Waals surface area contributed by atoms with E-state index in [0.717, 1.165) is 0 Å². The Morgan fingerprint density at radius 2 is 2.00 bits per heavy atom. The molecular formula is C22H32N5O7PS. The van der Waals surface area contributed by atoms with E-state index in [1.807, 2.05) is 0 Å². The summed E-state index contributed by atoms with van der Waals surface area (Å²) >= 11 is 1.25. The zero-order valence-electron chi connectivity index (χ0n) is 20.5. The summed E-state index contributed by atoms with van der Waals surface area (Å²) < 4.78 is 31.9. The van der Waals surface area contributed by atoms with Crippen molar-refractivity contribution in [1.29, 1.82) is 0 Å². The third kappa shape index (κ3) is 7.53. The van der Waals surface area contributed by atoms with Crippen LogP contribution in [0, 0.1) is 5.92 Å². The highest BCUT2D eigenvalue weighted by molar-refractivity contribution is 8.00. The van der Waals surface area contributed by atoms with Crippen molar-refractivity contribution in [2.24, 2.45) is 5.92 Å². The van der Waals surface area contributed by atoms with Crippen molar-refractivity contribution in [1.82, 2.24) is 19.6 Å². The number of aromatic nitrogens is 3. The molecule has 0 spiro atoms. The molecule has 1 unspecified atom stereocenters. The Hall–Kier alpha value is -2.44. The van der Waals surface area contributed by atoms with Crippen LogP contribution in [0.5, 0.6) is 5.75 Å². The molecule has 0 bridgehead atoms. The van der Waals surface area contributed by atoms with E-state index in [4.69, 9.17) is 19.5 Å². The van der Waals surface area contributed by atoms with Crippen LogP contribution in [0.3, 0.4) is 0 Å². The van der Waals surface area contributed by atoms with Crippen LogP contribution >= 0.6 is 19.5 Å². The number of rotatable bonds is 11. The minimum atomic E-state index is -4.12. The second kappa shape index (κ2) is 12.2. The smallest absolute Gasteiger partial charge is 0.459 e. The summed E-state index contributed by atoms with van der Waals surface area (Å²) in [4.78, 5) is 32.3. The maximum atomic E-state index is 13.9. The van der Waals surface area contributed by atoms with Crippen LogP contribution in [0.15, 0.2) is 41.5 Å². The molecule has 0 aliphatic carbocycles. The monoisotopic (exact) mass is 541 g/mol. The van der Waals surface area contributed by atoms with Gasteiger partial charge >= 0.3 is 19.4 Å². The van der Waals surface area contributed by atoms with Crippen LogP contribution in [0.2, 0.25) is 0 Å². The van der Waals surface area contributed by atoms with Crippen molar-refractivity contribution in [3.63, 3.8) is 0 Å². The number of hydrogen-bond acceptors (Lipinski definition) is 11. The number of hydrogen-bond donors (Lipinski definition) is 3. The number of carbonyl (C=O) groups is 1. The number of thioether (sulfide) groups is 1. The second-order valence-electron chi connectivity index (χ2n) is 8.87. The van der Waals surface area contributed by atoms with Gasteiger partial charge in [0.15, 0.2) is 0 Å². The molecule has 36 heavy (non-hydrogen) atoms. The van der Waals surface area contributed by atoms with Gasteiger partial charge in [0.1, 0.15) is 18.1 Å². The van der Waals surface area contributed by atoms with E-state index in [1.54, 1.807) is 58.0 Å². The number of benzene rings is 1. The minimum Gasteiger partial charge on any atom is -0.462 e. The van der Waals surface area contributed by atoms with E-state index in [-0.39, 0.29) is 36.7 Å². The Bertz CT molecular complexity index is 1130. The van der Waals surface area contributed by atoms with Crippen molar-refractivity contribution in [2.45, 2.75) is 63.0 Å². The normalized spacial score (nSPS) is 22.4. The SMILES string of the molecule is CC(C)OC(=O)[C@@H](NP(=O)(OC[C@H]1S[C@@H](n2cnc(N)nc2=O)C[C@H]1O)Oc1ccccc1)C(C)C. The Kier molecular flexibility index (Phi) is 9.53. The van der Waals surface area contributed by atoms with Crippen LogP contribution in [0.25, 0.3) is 0 Å². The fourth-order valence-corrected chi connectivity index (χ4v) is 6.63. The molecule has 1 aliphatic heterocycles. The summed E-state index contributed by atoms with van der Waals surface area (Å²) in [5, 5.41) is 12.3. The Morgan fingerprint density at radius 3 is 2.61 bits per heavy atom. The average molecular weight is 542 g/mol. The number of anilines is 1. The van der Waals surface area contributed by atoms with E-state index >= 15 is 0 Å². The lowest BCUT2D eigenvalue weighted by molar-refractivity contribution is -0.150. The molecule has 4 N–H and O–H groups in total. The van der Waals surface area contributed by atoms with Crippen LogP contribution < -0.4 is 21.0 Å². The molecular weight excluding hydrogens is 509 g/mol. The Labute approximate surface area is 213 Å². The molecule has 198 valence electrons. The molecule has 1 aliphatic rings. The lowest BCUT2D eigenvalue weighted by Gasteiger charge is -2.28. The number of esters is 1. The van der Waals surface area contributed by atoms with E-state index in [0.29, 0.717) is 0 Å². The Balaban J connectivity index is 1.77. The number of ether oxygens (including phenoxy) is 1. The molecule has 0 radical (unpaired) electrons. The third-order valence-electron chi connectivity index (χ3n) is 5.21. The van der Waals surface area contributed by atoms with Crippen molar-refractivity contribution in [3.8, 4) is 5.75 Å². The van der Waals surface area contributed by atoms with E-state index < -0.39 is 42.2 Å². The van der Waals surface area contributed by atoms with Crippen molar-refractivity contribution < 1.29 is 28.3 Å². The van der Waals surface area contributed by atoms with Crippen molar-refractivity contribution in [2.75, 3.05) is 12.3 Å².